The van der Waals surface area contributed by atoms with Gasteiger partial charge >= 0.3 is 0 Å². The van der Waals surface area contributed by atoms with Crippen LogP contribution in [-0.2, 0) is 4.74 Å². The molecule has 0 saturated carbocycles. The van der Waals surface area contributed by atoms with Crippen molar-refractivity contribution in [3.05, 3.63) is 75.8 Å². The van der Waals surface area contributed by atoms with E-state index in [1.54, 1.807) is 24.3 Å². The highest BCUT2D eigenvalue weighted by Crippen LogP contribution is 2.46. The number of ether oxygens (including phenoxy) is 1. The van der Waals surface area contributed by atoms with Crippen LogP contribution in [0.3, 0.4) is 0 Å². The van der Waals surface area contributed by atoms with Crippen LogP contribution >= 0.6 is 0 Å². The number of para-hydroxylation sites is 1. The third kappa shape index (κ3) is 3.11. The van der Waals surface area contributed by atoms with Gasteiger partial charge in [0.05, 0.1) is 5.92 Å². The molecule has 2 aromatic rings. The fourth-order valence-electron chi connectivity index (χ4n) is 3.42. The Hall–Kier alpha value is -2.44. The predicted octanol–water partition coefficient (Wildman–Crippen LogP) is 2.87. The third-order valence-corrected chi connectivity index (χ3v) is 4.48. The molecule has 0 aromatic heterocycles. The van der Waals surface area contributed by atoms with Crippen LogP contribution in [0.4, 0.5) is 5.69 Å². The normalized spacial score (nSPS) is 30.0. The van der Waals surface area contributed by atoms with E-state index in [0.29, 0.717) is 11.3 Å². The van der Waals surface area contributed by atoms with Gasteiger partial charge in [0.25, 0.3) is 0 Å². The highest BCUT2D eigenvalue weighted by Gasteiger charge is 2.51. The lowest BCUT2D eigenvalue weighted by molar-refractivity contribution is -0.555. The molecule has 1 aliphatic rings. The van der Waals surface area contributed by atoms with E-state index in [9.17, 15) is 15.2 Å². The van der Waals surface area contributed by atoms with Crippen molar-refractivity contribution in [1.82, 2.24) is 0 Å². The van der Waals surface area contributed by atoms with Gasteiger partial charge in [-0.15, -0.1) is 0 Å². The Morgan fingerprint density at radius 3 is 2.46 bits per heavy atom. The molecule has 1 saturated heterocycles. The summed E-state index contributed by atoms with van der Waals surface area (Å²) in [5.74, 6) is -1.95. The molecule has 3 rings (SSSR count). The van der Waals surface area contributed by atoms with Gasteiger partial charge in [0.2, 0.25) is 6.04 Å². The lowest BCUT2D eigenvalue weighted by Gasteiger charge is -2.41. The van der Waals surface area contributed by atoms with Crippen molar-refractivity contribution in [2.24, 2.45) is 0 Å². The quantitative estimate of drug-likeness (QED) is 0.513. The number of nitrogens with zero attached hydrogens (tertiary/aromatic N) is 1. The van der Waals surface area contributed by atoms with Gasteiger partial charge in [0.1, 0.15) is 0 Å². The Morgan fingerprint density at radius 1 is 1.21 bits per heavy atom. The SMILES string of the molecule is C[C@]1(O)C[C@H](c2ccccc2)[C@H]([N+](=O)[O-])[C@@H](c2ccccc2N)O1. The molecule has 4 atom stereocenters. The van der Waals surface area contributed by atoms with Crippen LogP contribution in [0, 0.1) is 10.1 Å². The van der Waals surface area contributed by atoms with E-state index in [-0.39, 0.29) is 11.3 Å². The van der Waals surface area contributed by atoms with E-state index < -0.39 is 23.9 Å². The molecule has 1 heterocycles. The topological polar surface area (TPSA) is 98.6 Å². The Labute approximate surface area is 140 Å². The number of nitro groups is 1. The van der Waals surface area contributed by atoms with Crippen molar-refractivity contribution in [3.8, 4) is 0 Å². The zero-order valence-electron chi connectivity index (χ0n) is 13.3. The molecule has 0 unspecified atom stereocenters. The summed E-state index contributed by atoms with van der Waals surface area (Å²) >= 11 is 0. The van der Waals surface area contributed by atoms with Crippen LogP contribution in [0.1, 0.15) is 36.5 Å². The van der Waals surface area contributed by atoms with Crippen molar-refractivity contribution in [1.29, 1.82) is 0 Å². The maximum Gasteiger partial charge on any atom is 0.250 e. The monoisotopic (exact) mass is 328 g/mol. The summed E-state index contributed by atoms with van der Waals surface area (Å²) in [7, 11) is 0. The molecule has 6 heteroatoms. The van der Waals surface area contributed by atoms with E-state index in [1.165, 1.54) is 6.92 Å². The summed E-state index contributed by atoms with van der Waals surface area (Å²) < 4.78 is 5.70. The highest BCUT2D eigenvalue weighted by molar-refractivity contribution is 5.48. The first-order chi connectivity index (χ1) is 11.4. The minimum atomic E-state index is -1.47. The molecule has 2 aromatic carbocycles. The second-order valence-electron chi connectivity index (χ2n) is 6.34. The standard InChI is InChI=1S/C18H20N2O4/c1-18(21)11-14(12-7-3-2-4-8-12)16(20(22)23)17(24-18)13-9-5-6-10-15(13)19/h2-10,14,16-17,21H,11,19H2,1H3/t14-,16+,17-,18-/m1/s1. The van der Waals surface area contributed by atoms with Crippen LogP contribution < -0.4 is 5.73 Å². The van der Waals surface area contributed by atoms with Crippen molar-refractivity contribution in [2.75, 3.05) is 5.73 Å². The summed E-state index contributed by atoms with van der Waals surface area (Å²) in [4.78, 5) is 11.5. The van der Waals surface area contributed by atoms with Gasteiger partial charge < -0.3 is 15.6 Å². The molecular weight excluding hydrogens is 308 g/mol. The van der Waals surface area contributed by atoms with E-state index in [0.717, 1.165) is 5.56 Å². The molecule has 3 N–H and O–H groups in total. The zero-order chi connectivity index (χ0) is 17.3. The van der Waals surface area contributed by atoms with E-state index in [2.05, 4.69) is 0 Å². The number of benzene rings is 2. The highest BCUT2D eigenvalue weighted by atomic mass is 16.7. The fraction of sp³-hybridized carbons (Fsp3) is 0.333. The Morgan fingerprint density at radius 2 is 1.83 bits per heavy atom. The lowest BCUT2D eigenvalue weighted by Crippen LogP contribution is -2.48. The number of nitrogen functional groups attached to an aromatic ring is 1. The molecule has 0 bridgehead atoms. The van der Waals surface area contributed by atoms with Gasteiger partial charge in [-0.1, -0.05) is 48.5 Å². The molecule has 0 amide bonds. The number of nitrogens with two attached hydrogens (primary N) is 1. The molecular formula is C18H20N2O4. The molecule has 1 aliphatic heterocycles. The predicted molar refractivity (Wildman–Crippen MR) is 89.9 cm³/mol. The first-order valence-corrected chi connectivity index (χ1v) is 7.82. The van der Waals surface area contributed by atoms with Crippen LogP contribution in [0.2, 0.25) is 0 Å². The summed E-state index contributed by atoms with van der Waals surface area (Å²) in [5.41, 5.74) is 7.75. The van der Waals surface area contributed by atoms with Crippen LogP contribution in [0.5, 0.6) is 0 Å². The van der Waals surface area contributed by atoms with Gasteiger partial charge in [0.15, 0.2) is 11.9 Å². The zero-order valence-corrected chi connectivity index (χ0v) is 13.3. The van der Waals surface area contributed by atoms with Gasteiger partial charge in [-0.2, -0.15) is 0 Å². The first-order valence-electron chi connectivity index (χ1n) is 7.82. The minimum absolute atomic E-state index is 0.145. The molecule has 0 spiro atoms. The van der Waals surface area contributed by atoms with E-state index in [1.807, 2.05) is 30.3 Å². The van der Waals surface area contributed by atoms with E-state index in [4.69, 9.17) is 10.5 Å². The summed E-state index contributed by atoms with van der Waals surface area (Å²) in [5, 5.41) is 22.4. The average molecular weight is 328 g/mol. The number of aliphatic hydroxyl groups is 1. The number of hydrogen-bond acceptors (Lipinski definition) is 5. The number of anilines is 1. The van der Waals surface area contributed by atoms with Crippen molar-refractivity contribution in [2.45, 2.75) is 37.2 Å². The Balaban J connectivity index is 2.10. The number of rotatable bonds is 3. The lowest BCUT2D eigenvalue weighted by atomic mass is 9.79. The second kappa shape index (κ2) is 6.22. The van der Waals surface area contributed by atoms with Crippen LogP contribution in [0.15, 0.2) is 54.6 Å². The fourth-order valence-corrected chi connectivity index (χ4v) is 3.42. The Bertz CT molecular complexity index is 733. The second-order valence-corrected chi connectivity index (χ2v) is 6.34. The van der Waals surface area contributed by atoms with Crippen LogP contribution in [0.25, 0.3) is 0 Å². The molecule has 126 valence electrons. The largest absolute Gasteiger partial charge is 0.398 e. The van der Waals surface area contributed by atoms with Gasteiger partial charge in [-0.05, 0) is 18.6 Å². The van der Waals surface area contributed by atoms with Crippen molar-refractivity contribution in [3.63, 3.8) is 0 Å². The van der Waals surface area contributed by atoms with Gasteiger partial charge in [-0.25, -0.2) is 0 Å². The summed E-state index contributed by atoms with van der Waals surface area (Å²) in [6.45, 7) is 1.53. The van der Waals surface area contributed by atoms with Crippen LogP contribution in [-0.4, -0.2) is 21.9 Å². The maximum absolute atomic E-state index is 11.8. The Kier molecular flexibility index (Phi) is 4.26. The third-order valence-electron chi connectivity index (χ3n) is 4.48. The smallest absolute Gasteiger partial charge is 0.250 e. The van der Waals surface area contributed by atoms with Gasteiger partial charge in [-0.3, -0.25) is 10.1 Å². The molecule has 1 fully saturated rings. The summed E-state index contributed by atoms with van der Waals surface area (Å²) in [6.07, 6.45) is -0.776. The summed E-state index contributed by atoms with van der Waals surface area (Å²) in [6, 6.07) is 15.1. The van der Waals surface area contributed by atoms with Crippen molar-refractivity contribution < 1.29 is 14.8 Å². The minimum Gasteiger partial charge on any atom is -0.398 e. The van der Waals surface area contributed by atoms with E-state index >= 15 is 0 Å². The maximum atomic E-state index is 11.8. The molecule has 24 heavy (non-hydrogen) atoms. The molecule has 0 aliphatic carbocycles. The van der Waals surface area contributed by atoms with Gasteiger partial charge in [0, 0.05) is 22.6 Å². The number of hydrogen-bond donors (Lipinski definition) is 2. The molecule has 0 radical (unpaired) electrons. The van der Waals surface area contributed by atoms with Crippen molar-refractivity contribution >= 4 is 5.69 Å². The first kappa shape index (κ1) is 16.4. The average Bonchev–Trinajstić information content (AvgIpc) is 2.54. The molecule has 6 nitrogen and oxygen atoms in total.